The van der Waals surface area contributed by atoms with E-state index >= 15 is 0 Å². The molecule has 0 aliphatic rings. The van der Waals surface area contributed by atoms with Crippen LogP contribution in [0.1, 0.15) is 24.3 Å². The molecule has 0 saturated heterocycles. The van der Waals surface area contributed by atoms with Crippen molar-refractivity contribution in [3.8, 4) is 10.6 Å². The Morgan fingerprint density at radius 1 is 1.45 bits per heavy atom. The predicted octanol–water partition coefficient (Wildman–Crippen LogP) is 2.98. The molecule has 6 nitrogen and oxygen atoms in total. The molecule has 0 atom stereocenters. The second-order valence-corrected chi connectivity index (χ2v) is 5.72. The molecule has 0 aliphatic heterocycles. The van der Waals surface area contributed by atoms with Crippen LogP contribution in [0.4, 0.5) is 0 Å². The minimum atomic E-state index is -0.426. The van der Waals surface area contributed by atoms with Crippen molar-refractivity contribution in [1.29, 1.82) is 0 Å². The molecule has 3 rings (SSSR count). The number of carbonyl (C=O) groups is 1. The standard InChI is InChI=1S/C15H14N4O2S/c1-10(2)4-7-21-15(20)12-9-22-14(18-12)11-8-17-19-6-3-5-16-13(11)19/h3-6,8-9H,7H2,1-2H3. The molecule has 0 amide bonds. The Morgan fingerprint density at radius 3 is 3.14 bits per heavy atom. The van der Waals surface area contributed by atoms with Gasteiger partial charge in [-0.2, -0.15) is 5.10 Å². The molecule has 3 aromatic rings. The summed E-state index contributed by atoms with van der Waals surface area (Å²) in [5.41, 5.74) is 2.91. The van der Waals surface area contributed by atoms with Gasteiger partial charge in [0.05, 0.1) is 11.8 Å². The zero-order valence-electron chi connectivity index (χ0n) is 12.2. The molecule has 0 radical (unpaired) electrons. The van der Waals surface area contributed by atoms with Gasteiger partial charge in [0.1, 0.15) is 11.6 Å². The van der Waals surface area contributed by atoms with E-state index in [9.17, 15) is 4.79 Å². The maximum absolute atomic E-state index is 11.9. The van der Waals surface area contributed by atoms with Gasteiger partial charge in [0.15, 0.2) is 11.3 Å². The molecule has 3 aromatic heterocycles. The molecule has 22 heavy (non-hydrogen) atoms. The summed E-state index contributed by atoms with van der Waals surface area (Å²) in [5.74, 6) is -0.426. The van der Waals surface area contributed by atoms with Crippen molar-refractivity contribution in [2.24, 2.45) is 0 Å². The van der Waals surface area contributed by atoms with E-state index in [1.165, 1.54) is 11.3 Å². The van der Waals surface area contributed by atoms with Crippen LogP contribution in [0.25, 0.3) is 16.2 Å². The van der Waals surface area contributed by atoms with E-state index in [-0.39, 0.29) is 6.61 Å². The zero-order valence-corrected chi connectivity index (χ0v) is 13.0. The third-order valence-corrected chi connectivity index (χ3v) is 3.80. The molecule has 0 bridgehead atoms. The van der Waals surface area contributed by atoms with Crippen molar-refractivity contribution >= 4 is 23.0 Å². The van der Waals surface area contributed by atoms with Gasteiger partial charge in [0.25, 0.3) is 0 Å². The fourth-order valence-corrected chi connectivity index (χ4v) is 2.62. The number of fused-ring (bicyclic) bond motifs is 1. The van der Waals surface area contributed by atoms with Gasteiger partial charge < -0.3 is 4.74 Å². The Bertz CT molecular complexity index is 846. The first-order valence-corrected chi connectivity index (χ1v) is 7.58. The SMILES string of the molecule is CC(C)=CCOC(=O)c1csc(-c2cnn3cccnc23)n1. The van der Waals surface area contributed by atoms with Crippen LogP contribution in [0, 0.1) is 0 Å². The van der Waals surface area contributed by atoms with E-state index < -0.39 is 5.97 Å². The van der Waals surface area contributed by atoms with Crippen molar-refractivity contribution in [2.45, 2.75) is 13.8 Å². The number of carbonyl (C=O) groups excluding carboxylic acids is 1. The van der Waals surface area contributed by atoms with E-state index in [2.05, 4.69) is 15.1 Å². The fourth-order valence-electron chi connectivity index (χ4n) is 1.83. The highest BCUT2D eigenvalue weighted by molar-refractivity contribution is 7.13. The summed E-state index contributed by atoms with van der Waals surface area (Å²) in [6.45, 7) is 4.16. The second-order valence-electron chi connectivity index (χ2n) is 4.86. The molecule has 7 heteroatoms. The Hall–Kier alpha value is -2.54. The Morgan fingerprint density at radius 2 is 2.32 bits per heavy atom. The van der Waals surface area contributed by atoms with E-state index in [4.69, 9.17) is 4.74 Å². The summed E-state index contributed by atoms with van der Waals surface area (Å²) in [4.78, 5) is 20.5. The molecular formula is C15H14N4O2S. The van der Waals surface area contributed by atoms with Crippen LogP contribution in [0.5, 0.6) is 0 Å². The van der Waals surface area contributed by atoms with Crippen LogP contribution >= 0.6 is 11.3 Å². The van der Waals surface area contributed by atoms with Crippen molar-refractivity contribution in [1.82, 2.24) is 19.6 Å². The fraction of sp³-hybridized carbons (Fsp3) is 0.200. The Balaban J connectivity index is 1.82. The van der Waals surface area contributed by atoms with Gasteiger partial charge in [-0.3, -0.25) is 0 Å². The number of esters is 1. The number of nitrogens with zero attached hydrogens (tertiary/aromatic N) is 4. The summed E-state index contributed by atoms with van der Waals surface area (Å²) >= 11 is 1.37. The van der Waals surface area contributed by atoms with Gasteiger partial charge in [-0.05, 0) is 26.0 Å². The number of rotatable bonds is 4. The number of thiazole rings is 1. The van der Waals surface area contributed by atoms with Crippen LogP contribution in [0.2, 0.25) is 0 Å². The average molecular weight is 314 g/mol. The van der Waals surface area contributed by atoms with Gasteiger partial charge in [0, 0.05) is 17.8 Å². The highest BCUT2D eigenvalue weighted by Crippen LogP contribution is 2.26. The average Bonchev–Trinajstić information content (AvgIpc) is 3.13. The van der Waals surface area contributed by atoms with Crippen LogP contribution in [-0.2, 0) is 4.74 Å². The molecular weight excluding hydrogens is 300 g/mol. The number of hydrogen-bond acceptors (Lipinski definition) is 6. The molecule has 0 spiro atoms. The lowest BCUT2D eigenvalue weighted by Gasteiger charge is -1.98. The van der Waals surface area contributed by atoms with Crippen molar-refractivity contribution in [3.05, 3.63) is 47.4 Å². The normalized spacial score (nSPS) is 10.6. The van der Waals surface area contributed by atoms with Crippen LogP contribution in [0.15, 0.2) is 41.7 Å². The maximum atomic E-state index is 11.9. The molecule has 0 fully saturated rings. The zero-order chi connectivity index (χ0) is 15.5. The number of aromatic nitrogens is 4. The third kappa shape index (κ3) is 2.89. The lowest BCUT2D eigenvalue weighted by molar-refractivity contribution is 0.0543. The Labute approximate surface area is 131 Å². The molecule has 112 valence electrons. The largest absolute Gasteiger partial charge is 0.457 e. The summed E-state index contributed by atoms with van der Waals surface area (Å²) in [5, 5.41) is 6.60. The van der Waals surface area contributed by atoms with Crippen LogP contribution in [0.3, 0.4) is 0 Å². The second kappa shape index (κ2) is 6.07. The molecule has 3 heterocycles. The van der Waals surface area contributed by atoms with E-state index in [1.807, 2.05) is 26.1 Å². The van der Waals surface area contributed by atoms with Gasteiger partial charge in [-0.1, -0.05) is 5.57 Å². The Kier molecular flexibility index (Phi) is 3.97. The van der Waals surface area contributed by atoms with Gasteiger partial charge >= 0.3 is 5.97 Å². The van der Waals surface area contributed by atoms with Crippen molar-refractivity contribution in [3.63, 3.8) is 0 Å². The number of allylic oxidation sites excluding steroid dienone is 1. The summed E-state index contributed by atoms with van der Waals surface area (Å²) in [6, 6.07) is 1.80. The monoisotopic (exact) mass is 314 g/mol. The van der Waals surface area contributed by atoms with Gasteiger partial charge in [-0.25, -0.2) is 19.3 Å². The first-order valence-electron chi connectivity index (χ1n) is 6.70. The van der Waals surface area contributed by atoms with Crippen molar-refractivity contribution in [2.75, 3.05) is 6.61 Å². The first-order chi connectivity index (χ1) is 10.6. The molecule has 0 unspecified atom stereocenters. The van der Waals surface area contributed by atoms with E-state index in [0.717, 1.165) is 11.1 Å². The first kappa shape index (κ1) is 14.4. The maximum Gasteiger partial charge on any atom is 0.358 e. The quantitative estimate of drug-likeness (QED) is 0.547. The minimum absolute atomic E-state index is 0.256. The van der Waals surface area contributed by atoms with E-state index in [1.54, 1.807) is 28.4 Å². The lowest BCUT2D eigenvalue weighted by Crippen LogP contribution is -2.05. The summed E-state index contributed by atoms with van der Waals surface area (Å²) < 4.78 is 6.82. The molecule has 0 N–H and O–H groups in total. The third-order valence-electron chi connectivity index (χ3n) is 2.93. The van der Waals surface area contributed by atoms with Gasteiger partial charge in [-0.15, -0.1) is 11.3 Å². The number of hydrogen-bond donors (Lipinski definition) is 0. The molecule has 0 aliphatic carbocycles. The minimum Gasteiger partial charge on any atom is -0.457 e. The topological polar surface area (TPSA) is 69.4 Å². The summed E-state index contributed by atoms with van der Waals surface area (Å²) in [7, 11) is 0. The molecule has 0 saturated carbocycles. The molecule has 0 aromatic carbocycles. The summed E-state index contributed by atoms with van der Waals surface area (Å²) in [6.07, 6.45) is 7.05. The predicted molar refractivity (Wildman–Crippen MR) is 83.8 cm³/mol. The smallest absolute Gasteiger partial charge is 0.358 e. The lowest BCUT2D eigenvalue weighted by atomic mass is 10.3. The highest BCUT2D eigenvalue weighted by Gasteiger charge is 2.16. The van der Waals surface area contributed by atoms with Crippen molar-refractivity contribution < 1.29 is 9.53 Å². The van der Waals surface area contributed by atoms with Gasteiger partial charge in [0.2, 0.25) is 0 Å². The number of ether oxygens (including phenoxy) is 1. The van der Waals surface area contributed by atoms with Crippen LogP contribution < -0.4 is 0 Å². The van der Waals surface area contributed by atoms with E-state index in [0.29, 0.717) is 16.3 Å². The van der Waals surface area contributed by atoms with Crippen LogP contribution in [-0.4, -0.2) is 32.2 Å². The highest BCUT2D eigenvalue weighted by atomic mass is 32.1.